The van der Waals surface area contributed by atoms with E-state index in [1.165, 1.54) is 29.6 Å². The third kappa shape index (κ3) is 4.23. The van der Waals surface area contributed by atoms with E-state index in [9.17, 15) is 14.7 Å². The number of thiophene rings is 1. The molecule has 0 aliphatic rings. The average Bonchev–Trinajstić information content (AvgIpc) is 2.98. The van der Waals surface area contributed by atoms with Gasteiger partial charge in [0, 0.05) is 21.0 Å². The van der Waals surface area contributed by atoms with Crippen LogP contribution in [0.2, 0.25) is 20.1 Å². The minimum absolute atomic E-state index is 0.0670. The molecular weight excluding hydrogens is 452 g/mol. The van der Waals surface area contributed by atoms with Crippen molar-refractivity contribution in [3.63, 3.8) is 0 Å². The summed E-state index contributed by atoms with van der Waals surface area (Å²) in [6, 6.07) is 9.18. The van der Waals surface area contributed by atoms with Crippen LogP contribution in [0.1, 0.15) is 20.7 Å². The normalized spacial score (nSPS) is 10.7. The highest BCUT2D eigenvalue weighted by atomic mass is 35.5. The van der Waals surface area contributed by atoms with Gasteiger partial charge in [-0.15, -0.1) is 11.3 Å². The molecule has 1 heterocycles. The highest BCUT2D eigenvalue weighted by Gasteiger charge is 2.23. The molecule has 0 radical (unpaired) electrons. The Kier molecular flexibility index (Phi) is 5.99. The van der Waals surface area contributed by atoms with Crippen molar-refractivity contribution >= 4 is 75.3 Å². The number of benzene rings is 2. The fraction of sp³-hybridized carbons (Fsp3) is 0. The number of hydrogen-bond donors (Lipinski definition) is 2. The van der Waals surface area contributed by atoms with Crippen molar-refractivity contribution in [1.29, 1.82) is 0 Å². The van der Waals surface area contributed by atoms with Crippen molar-refractivity contribution in [3.8, 4) is 10.4 Å². The van der Waals surface area contributed by atoms with Gasteiger partial charge in [-0.3, -0.25) is 4.79 Å². The maximum atomic E-state index is 12.5. The highest BCUT2D eigenvalue weighted by Crippen LogP contribution is 2.40. The van der Waals surface area contributed by atoms with Gasteiger partial charge < -0.3 is 10.4 Å². The first kappa shape index (κ1) is 20.0. The number of nitrogens with one attached hydrogen (secondary N) is 1. The van der Waals surface area contributed by atoms with E-state index in [1.54, 1.807) is 12.1 Å². The number of carbonyl (C=O) groups excluding carboxylic acids is 1. The van der Waals surface area contributed by atoms with Crippen LogP contribution in [0.15, 0.2) is 41.8 Å². The number of carboxylic acids is 1. The van der Waals surface area contributed by atoms with Crippen molar-refractivity contribution in [3.05, 3.63) is 73.0 Å². The molecular formula is C18H9Cl4NO3S. The number of amides is 1. The maximum absolute atomic E-state index is 12.5. The Morgan fingerprint density at radius 1 is 0.926 bits per heavy atom. The van der Waals surface area contributed by atoms with Gasteiger partial charge in [0.1, 0.15) is 5.56 Å². The molecule has 0 atom stereocenters. The van der Waals surface area contributed by atoms with Gasteiger partial charge in [-0.25, -0.2) is 4.79 Å². The first-order valence-corrected chi connectivity index (χ1v) is 9.73. The second-order valence-electron chi connectivity index (χ2n) is 5.36. The van der Waals surface area contributed by atoms with Crippen LogP contribution in [0.25, 0.3) is 10.4 Å². The molecule has 0 aliphatic heterocycles. The fourth-order valence-electron chi connectivity index (χ4n) is 2.40. The number of aromatic carboxylic acids is 1. The molecule has 0 spiro atoms. The summed E-state index contributed by atoms with van der Waals surface area (Å²) in [5.74, 6) is -1.75. The average molecular weight is 461 g/mol. The summed E-state index contributed by atoms with van der Waals surface area (Å²) in [6.07, 6.45) is 0. The fourth-order valence-corrected chi connectivity index (χ4v) is 4.48. The van der Waals surface area contributed by atoms with Gasteiger partial charge in [0.25, 0.3) is 5.91 Å². The molecule has 0 saturated heterocycles. The van der Waals surface area contributed by atoms with Crippen molar-refractivity contribution in [2.75, 3.05) is 5.32 Å². The van der Waals surface area contributed by atoms with Crippen LogP contribution in [0.5, 0.6) is 0 Å². The number of hydrogen-bond acceptors (Lipinski definition) is 3. The highest BCUT2D eigenvalue weighted by molar-refractivity contribution is 7.14. The molecule has 2 aromatic carbocycles. The molecule has 3 aromatic rings. The van der Waals surface area contributed by atoms with Gasteiger partial charge in [-0.2, -0.15) is 0 Å². The van der Waals surface area contributed by atoms with Crippen LogP contribution in [-0.4, -0.2) is 17.0 Å². The SMILES string of the molecule is O=C(Nc1csc(-c2ccc(Cl)cc2Cl)c1C(=O)O)c1ccc(Cl)cc1Cl. The summed E-state index contributed by atoms with van der Waals surface area (Å²) >= 11 is 25.1. The van der Waals surface area contributed by atoms with Gasteiger partial charge in [0.05, 0.1) is 26.2 Å². The Hall–Kier alpha value is -1.76. The van der Waals surface area contributed by atoms with Gasteiger partial charge in [0.15, 0.2) is 0 Å². The van der Waals surface area contributed by atoms with Gasteiger partial charge in [-0.05, 0) is 30.3 Å². The summed E-state index contributed by atoms with van der Waals surface area (Å²) in [5, 5.41) is 15.1. The second-order valence-corrected chi connectivity index (χ2v) is 7.93. The molecule has 0 fully saturated rings. The summed E-state index contributed by atoms with van der Waals surface area (Å²) in [7, 11) is 0. The Bertz CT molecular complexity index is 1060. The van der Waals surface area contributed by atoms with Crippen LogP contribution in [0, 0.1) is 0 Å². The van der Waals surface area contributed by atoms with E-state index in [0.29, 0.717) is 25.5 Å². The zero-order valence-electron chi connectivity index (χ0n) is 13.2. The number of rotatable bonds is 4. The smallest absolute Gasteiger partial charge is 0.339 e. The molecule has 27 heavy (non-hydrogen) atoms. The second kappa shape index (κ2) is 8.09. The summed E-state index contributed by atoms with van der Waals surface area (Å²) in [6.45, 7) is 0. The van der Waals surface area contributed by atoms with Gasteiger partial charge >= 0.3 is 5.97 Å². The number of carbonyl (C=O) groups is 2. The topological polar surface area (TPSA) is 66.4 Å². The van der Waals surface area contributed by atoms with E-state index in [2.05, 4.69) is 5.32 Å². The van der Waals surface area contributed by atoms with Crippen LogP contribution in [-0.2, 0) is 0 Å². The molecule has 0 aliphatic carbocycles. The maximum Gasteiger partial charge on any atom is 0.339 e. The lowest BCUT2D eigenvalue weighted by molar-refractivity contribution is 0.0699. The van der Waals surface area contributed by atoms with Gasteiger partial charge in [0.2, 0.25) is 0 Å². The standard InChI is InChI=1S/C18H9Cl4NO3S/c19-8-1-3-10(12(21)5-8)16-15(18(25)26)14(7-27-16)23-17(24)11-4-2-9(20)6-13(11)22/h1-7H,(H,23,24)(H,25,26). The predicted molar refractivity (Wildman–Crippen MR) is 111 cm³/mol. The number of anilines is 1. The third-order valence-electron chi connectivity index (χ3n) is 3.60. The quantitative estimate of drug-likeness (QED) is 0.441. The largest absolute Gasteiger partial charge is 0.478 e. The van der Waals surface area contributed by atoms with E-state index < -0.39 is 11.9 Å². The van der Waals surface area contributed by atoms with Crippen molar-refractivity contribution in [1.82, 2.24) is 0 Å². The summed E-state index contributed by atoms with van der Waals surface area (Å²) < 4.78 is 0. The minimum Gasteiger partial charge on any atom is -0.478 e. The molecule has 0 saturated carbocycles. The molecule has 2 N–H and O–H groups in total. The monoisotopic (exact) mass is 459 g/mol. The third-order valence-corrected chi connectivity index (χ3v) is 5.71. The molecule has 138 valence electrons. The van der Waals surface area contributed by atoms with Crippen molar-refractivity contribution in [2.24, 2.45) is 0 Å². The summed E-state index contributed by atoms with van der Waals surface area (Å²) in [4.78, 5) is 24.7. The molecule has 0 bridgehead atoms. The predicted octanol–water partition coefficient (Wildman–Crippen LogP) is 6.98. The van der Waals surface area contributed by atoms with Crippen LogP contribution < -0.4 is 5.32 Å². The summed E-state index contributed by atoms with van der Waals surface area (Å²) in [5.41, 5.74) is 0.760. The first-order chi connectivity index (χ1) is 12.8. The Labute approximate surface area is 178 Å². The molecule has 3 rings (SSSR count). The molecule has 4 nitrogen and oxygen atoms in total. The lowest BCUT2D eigenvalue weighted by Crippen LogP contribution is -2.14. The lowest BCUT2D eigenvalue weighted by atomic mass is 10.1. The first-order valence-electron chi connectivity index (χ1n) is 7.34. The van der Waals surface area contributed by atoms with E-state index in [1.807, 2.05) is 0 Å². The zero-order valence-corrected chi connectivity index (χ0v) is 17.1. The van der Waals surface area contributed by atoms with E-state index in [-0.39, 0.29) is 21.8 Å². The molecule has 0 unspecified atom stereocenters. The lowest BCUT2D eigenvalue weighted by Gasteiger charge is -2.08. The zero-order chi connectivity index (χ0) is 19.7. The Balaban J connectivity index is 2.01. The number of carboxylic acid groups (broad SMARTS) is 1. The van der Waals surface area contributed by atoms with Crippen LogP contribution in [0.3, 0.4) is 0 Å². The number of halogens is 4. The van der Waals surface area contributed by atoms with E-state index in [4.69, 9.17) is 46.4 Å². The van der Waals surface area contributed by atoms with Crippen LogP contribution in [0.4, 0.5) is 5.69 Å². The Morgan fingerprint density at radius 3 is 2.15 bits per heavy atom. The molecule has 1 aromatic heterocycles. The Morgan fingerprint density at radius 2 is 1.56 bits per heavy atom. The van der Waals surface area contributed by atoms with E-state index in [0.717, 1.165) is 11.3 Å². The van der Waals surface area contributed by atoms with Crippen molar-refractivity contribution in [2.45, 2.75) is 0 Å². The molecule has 1 amide bonds. The van der Waals surface area contributed by atoms with Crippen LogP contribution >= 0.6 is 57.7 Å². The van der Waals surface area contributed by atoms with E-state index >= 15 is 0 Å². The van der Waals surface area contributed by atoms with Gasteiger partial charge in [-0.1, -0.05) is 52.5 Å². The minimum atomic E-state index is -1.20. The van der Waals surface area contributed by atoms with Crippen molar-refractivity contribution < 1.29 is 14.7 Å². The molecule has 9 heteroatoms.